The third-order valence-electron chi connectivity index (χ3n) is 8.50. The molecule has 0 radical (unpaired) electrons. The fraction of sp³-hybridized carbons (Fsp3) is 0. The Bertz CT molecular complexity index is 2280. The molecule has 2 heteroatoms. The third-order valence-corrected chi connectivity index (χ3v) is 9.60. The Kier molecular flexibility index (Phi) is 4.90. The standard InChI is InChI=1S/C39H23NS/c1-2-10-24(11-3-1)37-29-14-6-8-16-31(29)38(32-17-9-7-15-30(32)37)26-18-19-28-34-23-40-22-33-27-13-5-4-12-25(27)20-36(39(33)34)41-35(28)21-26/h1-23H. The third kappa shape index (κ3) is 3.35. The highest BCUT2D eigenvalue weighted by atomic mass is 32.2. The van der Waals surface area contributed by atoms with Crippen LogP contribution in [0.4, 0.5) is 0 Å². The maximum Gasteiger partial charge on any atom is 0.0353 e. The van der Waals surface area contributed by atoms with Gasteiger partial charge in [-0.3, -0.25) is 4.98 Å². The van der Waals surface area contributed by atoms with Gasteiger partial charge in [0.15, 0.2) is 0 Å². The largest absolute Gasteiger partial charge is 0.263 e. The summed E-state index contributed by atoms with van der Waals surface area (Å²) in [4.78, 5) is 7.28. The molecule has 41 heavy (non-hydrogen) atoms. The van der Waals surface area contributed by atoms with E-state index in [1.54, 1.807) is 0 Å². The molecule has 0 unspecified atom stereocenters. The highest BCUT2D eigenvalue weighted by Gasteiger charge is 2.23. The number of rotatable bonds is 2. The maximum absolute atomic E-state index is 4.70. The molecule has 0 spiro atoms. The molecule has 8 aromatic rings. The summed E-state index contributed by atoms with van der Waals surface area (Å²) < 4.78 is 0. The van der Waals surface area contributed by atoms with Crippen molar-refractivity contribution in [1.82, 2.24) is 4.98 Å². The minimum absolute atomic E-state index is 1.22. The van der Waals surface area contributed by atoms with Crippen molar-refractivity contribution >= 4 is 54.9 Å². The van der Waals surface area contributed by atoms with Gasteiger partial charge in [0.05, 0.1) is 0 Å². The normalized spacial score (nSPS) is 12.3. The molecule has 9 rings (SSSR count). The first-order chi connectivity index (χ1) is 20.3. The van der Waals surface area contributed by atoms with Crippen molar-refractivity contribution in [2.75, 3.05) is 0 Å². The summed E-state index contributed by atoms with van der Waals surface area (Å²) >= 11 is 1.88. The molecule has 1 nitrogen and oxygen atoms in total. The molecular formula is C39H23NS. The molecule has 0 atom stereocenters. The minimum atomic E-state index is 1.22. The molecule has 190 valence electrons. The lowest BCUT2D eigenvalue weighted by Crippen LogP contribution is -1.96. The topological polar surface area (TPSA) is 12.9 Å². The second-order valence-electron chi connectivity index (χ2n) is 10.7. The van der Waals surface area contributed by atoms with Crippen LogP contribution in [-0.2, 0) is 0 Å². The Morgan fingerprint density at radius 3 is 1.73 bits per heavy atom. The number of benzene rings is 7. The van der Waals surface area contributed by atoms with Crippen LogP contribution in [0, 0.1) is 0 Å². The monoisotopic (exact) mass is 537 g/mol. The van der Waals surface area contributed by atoms with Crippen LogP contribution in [-0.4, -0.2) is 4.98 Å². The fourth-order valence-electron chi connectivity index (χ4n) is 6.75. The first-order valence-corrected chi connectivity index (χ1v) is 14.8. The highest BCUT2D eigenvalue weighted by molar-refractivity contribution is 7.99. The van der Waals surface area contributed by atoms with Crippen molar-refractivity contribution < 1.29 is 0 Å². The summed E-state index contributed by atoms with van der Waals surface area (Å²) in [5.74, 6) is 0. The highest BCUT2D eigenvalue weighted by Crippen LogP contribution is 2.51. The van der Waals surface area contributed by atoms with Gasteiger partial charge in [0.2, 0.25) is 0 Å². The predicted molar refractivity (Wildman–Crippen MR) is 175 cm³/mol. The van der Waals surface area contributed by atoms with Gasteiger partial charge < -0.3 is 0 Å². The number of hydrogen-bond acceptors (Lipinski definition) is 2. The number of pyridine rings is 1. The van der Waals surface area contributed by atoms with Gasteiger partial charge in [-0.05, 0) is 72.3 Å². The van der Waals surface area contributed by atoms with E-state index in [4.69, 9.17) is 4.98 Å². The van der Waals surface area contributed by atoms with E-state index in [0.717, 1.165) is 0 Å². The average Bonchev–Trinajstić information content (AvgIpc) is 3.04. The van der Waals surface area contributed by atoms with Crippen LogP contribution in [0.1, 0.15) is 0 Å². The number of hydrogen-bond donors (Lipinski definition) is 0. The summed E-state index contributed by atoms with van der Waals surface area (Å²) in [6.07, 6.45) is 4.06. The summed E-state index contributed by atoms with van der Waals surface area (Å²) in [6.45, 7) is 0. The van der Waals surface area contributed by atoms with E-state index in [-0.39, 0.29) is 0 Å². The Labute approximate surface area is 242 Å². The molecule has 7 aromatic carbocycles. The van der Waals surface area contributed by atoms with Crippen molar-refractivity contribution in [3.05, 3.63) is 140 Å². The molecule has 1 aromatic heterocycles. The zero-order chi connectivity index (χ0) is 26.9. The first kappa shape index (κ1) is 22.9. The van der Waals surface area contributed by atoms with Gasteiger partial charge in [-0.25, -0.2) is 0 Å². The van der Waals surface area contributed by atoms with Crippen molar-refractivity contribution in [3.63, 3.8) is 0 Å². The van der Waals surface area contributed by atoms with E-state index < -0.39 is 0 Å². The quantitative estimate of drug-likeness (QED) is 0.161. The van der Waals surface area contributed by atoms with Gasteiger partial charge in [-0.1, -0.05) is 127 Å². The number of aromatic nitrogens is 1. The van der Waals surface area contributed by atoms with E-state index in [9.17, 15) is 0 Å². The Morgan fingerprint density at radius 1 is 0.415 bits per heavy atom. The SMILES string of the molecule is c1ccc(-c2c3ccccc3c(-c3ccc4c(c3)Sc3cc5ccccc5c5cncc-4c35)c3ccccc23)cc1. The van der Waals surface area contributed by atoms with Crippen LogP contribution in [0.15, 0.2) is 150 Å². The molecular weight excluding hydrogens is 515 g/mol. The molecule has 2 heterocycles. The van der Waals surface area contributed by atoms with Gasteiger partial charge in [0.25, 0.3) is 0 Å². The molecule has 0 aliphatic carbocycles. The van der Waals surface area contributed by atoms with Gasteiger partial charge >= 0.3 is 0 Å². The smallest absolute Gasteiger partial charge is 0.0353 e. The second kappa shape index (κ2) is 8.79. The average molecular weight is 538 g/mol. The summed E-state index contributed by atoms with van der Waals surface area (Å²) in [7, 11) is 0. The van der Waals surface area contributed by atoms with Crippen LogP contribution in [0.2, 0.25) is 0 Å². The van der Waals surface area contributed by atoms with Crippen molar-refractivity contribution in [3.8, 4) is 33.4 Å². The molecule has 0 fully saturated rings. The minimum Gasteiger partial charge on any atom is -0.263 e. The summed E-state index contributed by atoms with van der Waals surface area (Å²) in [6, 6.07) is 46.5. The van der Waals surface area contributed by atoms with Crippen LogP contribution in [0.5, 0.6) is 0 Å². The molecule has 0 saturated carbocycles. The van der Waals surface area contributed by atoms with E-state index in [2.05, 4.69) is 127 Å². The van der Waals surface area contributed by atoms with Gasteiger partial charge in [0.1, 0.15) is 0 Å². The second-order valence-corrected chi connectivity index (χ2v) is 11.8. The molecule has 0 bridgehead atoms. The predicted octanol–water partition coefficient (Wildman–Crippen LogP) is 11.2. The molecule has 0 saturated heterocycles. The van der Waals surface area contributed by atoms with Crippen LogP contribution >= 0.6 is 11.8 Å². The Morgan fingerprint density at radius 2 is 1.02 bits per heavy atom. The molecule has 0 amide bonds. The first-order valence-electron chi connectivity index (χ1n) is 14.0. The van der Waals surface area contributed by atoms with E-state index in [1.807, 2.05) is 24.2 Å². The molecule has 0 N–H and O–H groups in total. The number of fused-ring (bicyclic) bond motifs is 6. The van der Waals surface area contributed by atoms with E-state index >= 15 is 0 Å². The number of nitrogens with zero attached hydrogens (tertiary/aromatic N) is 1. The van der Waals surface area contributed by atoms with Crippen LogP contribution < -0.4 is 0 Å². The van der Waals surface area contributed by atoms with Crippen molar-refractivity contribution in [1.29, 1.82) is 0 Å². The zero-order valence-electron chi connectivity index (χ0n) is 22.1. The van der Waals surface area contributed by atoms with E-state index in [0.29, 0.717) is 0 Å². The molecule has 1 aliphatic rings. The van der Waals surface area contributed by atoms with Gasteiger partial charge in [-0.15, -0.1) is 0 Å². The molecule has 1 aliphatic heterocycles. The zero-order valence-corrected chi connectivity index (χ0v) is 23.0. The Balaban J connectivity index is 1.32. The van der Waals surface area contributed by atoms with Crippen molar-refractivity contribution in [2.24, 2.45) is 0 Å². The lowest BCUT2D eigenvalue weighted by atomic mass is 9.85. The van der Waals surface area contributed by atoms with Crippen LogP contribution in [0.25, 0.3) is 76.5 Å². The lowest BCUT2D eigenvalue weighted by molar-refractivity contribution is 1.32. The maximum atomic E-state index is 4.70. The van der Waals surface area contributed by atoms with Crippen molar-refractivity contribution in [2.45, 2.75) is 9.79 Å². The van der Waals surface area contributed by atoms with Gasteiger partial charge in [-0.2, -0.15) is 0 Å². The Hall–Kier alpha value is -4.92. The van der Waals surface area contributed by atoms with Crippen LogP contribution in [0.3, 0.4) is 0 Å². The fourth-order valence-corrected chi connectivity index (χ4v) is 7.97. The van der Waals surface area contributed by atoms with Gasteiger partial charge in [0, 0.05) is 38.5 Å². The lowest BCUT2D eigenvalue weighted by Gasteiger charge is -2.23. The van der Waals surface area contributed by atoms with E-state index in [1.165, 1.54) is 86.3 Å². The summed E-state index contributed by atoms with van der Waals surface area (Å²) in [5.41, 5.74) is 7.56. The summed E-state index contributed by atoms with van der Waals surface area (Å²) in [5, 5.41) is 10.2.